The van der Waals surface area contributed by atoms with E-state index in [9.17, 15) is 4.79 Å². The maximum Gasteiger partial charge on any atom is 0.228 e. The first-order valence-corrected chi connectivity index (χ1v) is 5.28. The van der Waals surface area contributed by atoms with E-state index in [1.54, 1.807) is 24.5 Å². The van der Waals surface area contributed by atoms with Crippen LogP contribution in [-0.4, -0.2) is 24.0 Å². The van der Waals surface area contributed by atoms with Gasteiger partial charge in [0.1, 0.15) is 0 Å². The van der Waals surface area contributed by atoms with Gasteiger partial charge < -0.3 is 10.6 Å². The van der Waals surface area contributed by atoms with E-state index in [0.717, 1.165) is 31.6 Å². The SMILES string of the molecule is Cl.Cl.O=C(Nc1ccncc1)[C@@H]1CCCNC1. The zero-order valence-corrected chi connectivity index (χ0v) is 11.0. The first-order chi connectivity index (χ1) is 7.36. The lowest BCUT2D eigenvalue weighted by molar-refractivity contribution is -0.120. The normalized spacial score (nSPS) is 18.5. The van der Waals surface area contributed by atoms with Crippen molar-refractivity contribution in [3.63, 3.8) is 0 Å². The number of carbonyl (C=O) groups excluding carboxylic acids is 1. The molecule has 1 aromatic heterocycles. The van der Waals surface area contributed by atoms with Gasteiger partial charge in [-0.05, 0) is 31.5 Å². The topological polar surface area (TPSA) is 54.0 Å². The maximum atomic E-state index is 11.8. The molecule has 17 heavy (non-hydrogen) atoms. The van der Waals surface area contributed by atoms with Crippen molar-refractivity contribution in [2.75, 3.05) is 18.4 Å². The summed E-state index contributed by atoms with van der Waals surface area (Å²) in [5.74, 6) is 0.209. The molecule has 0 radical (unpaired) electrons. The molecule has 0 saturated carbocycles. The van der Waals surface area contributed by atoms with Crippen molar-refractivity contribution in [1.82, 2.24) is 10.3 Å². The van der Waals surface area contributed by atoms with E-state index in [1.165, 1.54) is 0 Å². The van der Waals surface area contributed by atoms with Crippen LogP contribution in [-0.2, 0) is 4.79 Å². The van der Waals surface area contributed by atoms with E-state index in [0.29, 0.717) is 0 Å². The van der Waals surface area contributed by atoms with E-state index in [-0.39, 0.29) is 36.6 Å². The molecule has 0 aromatic carbocycles. The van der Waals surface area contributed by atoms with Crippen LogP contribution in [0.1, 0.15) is 12.8 Å². The fraction of sp³-hybridized carbons (Fsp3) is 0.455. The summed E-state index contributed by atoms with van der Waals surface area (Å²) >= 11 is 0. The van der Waals surface area contributed by atoms with Crippen molar-refractivity contribution in [2.45, 2.75) is 12.8 Å². The highest BCUT2D eigenvalue weighted by atomic mass is 35.5. The third kappa shape index (κ3) is 4.89. The van der Waals surface area contributed by atoms with Gasteiger partial charge >= 0.3 is 0 Å². The lowest BCUT2D eigenvalue weighted by Crippen LogP contribution is -2.37. The van der Waals surface area contributed by atoms with Crippen LogP contribution < -0.4 is 10.6 Å². The van der Waals surface area contributed by atoms with E-state index in [2.05, 4.69) is 15.6 Å². The van der Waals surface area contributed by atoms with Gasteiger partial charge in [-0.15, -0.1) is 24.8 Å². The minimum Gasteiger partial charge on any atom is -0.326 e. The van der Waals surface area contributed by atoms with Crippen LogP contribution in [0.2, 0.25) is 0 Å². The average molecular weight is 278 g/mol. The molecule has 2 heterocycles. The van der Waals surface area contributed by atoms with Gasteiger partial charge in [0.15, 0.2) is 0 Å². The molecule has 0 bridgehead atoms. The second kappa shape index (κ2) is 8.28. The number of rotatable bonds is 2. The fourth-order valence-corrected chi connectivity index (χ4v) is 1.76. The van der Waals surface area contributed by atoms with Crippen LogP contribution in [0.5, 0.6) is 0 Å². The van der Waals surface area contributed by atoms with Gasteiger partial charge in [-0.3, -0.25) is 9.78 Å². The van der Waals surface area contributed by atoms with Crippen LogP contribution in [0.3, 0.4) is 0 Å². The Morgan fingerprint density at radius 2 is 2.06 bits per heavy atom. The quantitative estimate of drug-likeness (QED) is 0.868. The molecule has 0 aliphatic carbocycles. The van der Waals surface area contributed by atoms with Gasteiger partial charge in [0.2, 0.25) is 5.91 Å². The zero-order chi connectivity index (χ0) is 10.5. The van der Waals surface area contributed by atoms with E-state index >= 15 is 0 Å². The minimum atomic E-state index is 0. The third-order valence-electron chi connectivity index (χ3n) is 2.62. The number of pyridine rings is 1. The molecule has 4 nitrogen and oxygen atoms in total. The van der Waals surface area contributed by atoms with Gasteiger partial charge in [0.25, 0.3) is 0 Å². The molecule has 2 N–H and O–H groups in total. The molecule has 0 spiro atoms. The molecular formula is C11H17Cl2N3O. The minimum absolute atomic E-state index is 0. The van der Waals surface area contributed by atoms with Gasteiger partial charge in [0, 0.05) is 24.6 Å². The lowest BCUT2D eigenvalue weighted by Gasteiger charge is -2.21. The van der Waals surface area contributed by atoms with Crippen LogP contribution in [0.25, 0.3) is 0 Å². The molecule has 6 heteroatoms. The van der Waals surface area contributed by atoms with Crippen LogP contribution in [0.4, 0.5) is 5.69 Å². The Hall–Kier alpha value is -0.840. The Kier molecular flexibility index (Phi) is 7.87. The number of anilines is 1. The first kappa shape index (κ1) is 16.2. The number of piperidine rings is 1. The molecule has 1 atom stereocenters. The second-order valence-electron chi connectivity index (χ2n) is 3.77. The van der Waals surface area contributed by atoms with Gasteiger partial charge in [-0.2, -0.15) is 0 Å². The smallest absolute Gasteiger partial charge is 0.228 e. The highest BCUT2D eigenvalue weighted by molar-refractivity contribution is 5.92. The zero-order valence-electron chi connectivity index (χ0n) is 9.39. The predicted molar refractivity (Wildman–Crippen MR) is 73.0 cm³/mol. The van der Waals surface area contributed by atoms with Crippen LogP contribution in [0.15, 0.2) is 24.5 Å². The maximum absolute atomic E-state index is 11.8. The van der Waals surface area contributed by atoms with Crippen molar-refractivity contribution >= 4 is 36.4 Å². The van der Waals surface area contributed by atoms with Gasteiger partial charge in [-0.25, -0.2) is 0 Å². The largest absolute Gasteiger partial charge is 0.326 e. The number of hydrogen-bond acceptors (Lipinski definition) is 3. The Balaban J connectivity index is 0.00000128. The Morgan fingerprint density at radius 1 is 1.35 bits per heavy atom. The summed E-state index contributed by atoms with van der Waals surface area (Å²) in [5, 5.41) is 6.12. The Labute approximate surface area is 113 Å². The Morgan fingerprint density at radius 3 is 2.65 bits per heavy atom. The molecule has 1 aliphatic rings. The molecule has 96 valence electrons. The molecule has 2 rings (SSSR count). The number of hydrogen-bond donors (Lipinski definition) is 2. The van der Waals surface area contributed by atoms with E-state index < -0.39 is 0 Å². The summed E-state index contributed by atoms with van der Waals surface area (Å²) in [6.07, 6.45) is 5.40. The van der Waals surface area contributed by atoms with Crippen molar-refractivity contribution in [3.05, 3.63) is 24.5 Å². The molecule has 1 saturated heterocycles. The fourth-order valence-electron chi connectivity index (χ4n) is 1.76. The van der Waals surface area contributed by atoms with E-state index in [4.69, 9.17) is 0 Å². The van der Waals surface area contributed by atoms with E-state index in [1.807, 2.05) is 0 Å². The number of aromatic nitrogens is 1. The molecular weight excluding hydrogens is 261 g/mol. The first-order valence-electron chi connectivity index (χ1n) is 5.28. The number of nitrogens with one attached hydrogen (secondary N) is 2. The van der Waals surface area contributed by atoms with Crippen LogP contribution in [0, 0.1) is 5.92 Å². The molecule has 1 aromatic rings. The summed E-state index contributed by atoms with van der Waals surface area (Å²) in [7, 11) is 0. The van der Waals surface area contributed by atoms with Crippen molar-refractivity contribution in [1.29, 1.82) is 0 Å². The number of halogens is 2. The molecule has 1 fully saturated rings. The summed E-state index contributed by atoms with van der Waals surface area (Å²) in [4.78, 5) is 15.7. The number of carbonyl (C=O) groups is 1. The highest BCUT2D eigenvalue weighted by Crippen LogP contribution is 2.13. The van der Waals surface area contributed by atoms with Gasteiger partial charge in [-0.1, -0.05) is 0 Å². The highest BCUT2D eigenvalue weighted by Gasteiger charge is 2.20. The standard InChI is InChI=1S/C11H15N3O.2ClH/c15-11(9-2-1-5-13-8-9)14-10-3-6-12-7-4-10;;/h3-4,6-7,9,13H,1-2,5,8H2,(H,12,14,15);2*1H/t9-;;/m1../s1. The summed E-state index contributed by atoms with van der Waals surface area (Å²) in [6, 6.07) is 3.60. The van der Waals surface area contributed by atoms with Crippen molar-refractivity contribution in [3.8, 4) is 0 Å². The lowest BCUT2D eigenvalue weighted by atomic mass is 9.99. The second-order valence-corrected chi connectivity index (χ2v) is 3.77. The van der Waals surface area contributed by atoms with Gasteiger partial charge in [0.05, 0.1) is 5.92 Å². The predicted octanol–water partition coefficient (Wildman–Crippen LogP) is 1.86. The summed E-state index contributed by atoms with van der Waals surface area (Å²) < 4.78 is 0. The number of amides is 1. The molecule has 1 amide bonds. The van der Waals surface area contributed by atoms with Crippen LogP contribution >= 0.6 is 24.8 Å². The monoisotopic (exact) mass is 277 g/mol. The summed E-state index contributed by atoms with van der Waals surface area (Å²) in [5.41, 5.74) is 0.820. The van der Waals surface area contributed by atoms with Crippen molar-refractivity contribution < 1.29 is 4.79 Å². The molecule has 0 unspecified atom stereocenters. The van der Waals surface area contributed by atoms with Crippen molar-refractivity contribution in [2.24, 2.45) is 5.92 Å². The average Bonchev–Trinajstić information content (AvgIpc) is 2.31. The summed E-state index contributed by atoms with van der Waals surface area (Å²) in [6.45, 7) is 1.82. The third-order valence-corrected chi connectivity index (χ3v) is 2.62. The molecule has 1 aliphatic heterocycles. The Bertz CT molecular complexity index is 329. The number of nitrogens with zero attached hydrogens (tertiary/aromatic N) is 1.